The maximum atomic E-state index is 15.5. The van der Waals surface area contributed by atoms with Crippen molar-refractivity contribution in [2.24, 2.45) is 0 Å². The molecule has 0 saturated carbocycles. The van der Waals surface area contributed by atoms with Crippen molar-refractivity contribution in [3.05, 3.63) is 41.6 Å². The highest BCUT2D eigenvalue weighted by molar-refractivity contribution is 5.99. The van der Waals surface area contributed by atoms with Gasteiger partial charge in [-0.3, -0.25) is 4.79 Å². The fourth-order valence-corrected chi connectivity index (χ4v) is 5.78. The lowest BCUT2D eigenvalue weighted by atomic mass is 10.1. The number of piperazine rings is 1. The summed E-state index contributed by atoms with van der Waals surface area (Å²) in [4.78, 5) is 30.3. The van der Waals surface area contributed by atoms with Crippen molar-refractivity contribution in [2.75, 3.05) is 98.8 Å². The Kier molecular flexibility index (Phi) is 7.76. The molecule has 0 aliphatic carbocycles. The molecular weight excluding hydrogens is 532 g/mol. The number of amides is 1. The summed E-state index contributed by atoms with van der Waals surface area (Å²) in [5.41, 5.74) is 2.96. The van der Waals surface area contributed by atoms with E-state index in [4.69, 9.17) is 14.5 Å². The van der Waals surface area contributed by atoms with Crippen molar-refractivity contribution < 1.29 is 23.0 Å². The summed E-state index contributed by atoms with van der Waals surface area (Å²) in [5.74, 6) is -0.163. The van der Waals surface area contributed by atoms with E-state index in [0.717, 1.165) is 30.7 Å². The number of pyridine rings is 2. The molecule has 218 valence electrons. The van der Waals surface area contributed by atoms with Crippen molar-refractivity contribution in [2.45, 2.75) is 13.8 Å². The molecule has 0 atom stereocenters. The molecule has 41 heavy (non-hydrogen) atoms. The summed E-state index contributed by atoms with van der Waals surface area (Å²) < 4.78 is 41.0. The summed E-state index contributed by atoms with van der Waals surface area (Å²) in [5, 5.41) is 3.69. The molecular formula is C29H35F2N7O3. The topological polar surface area (TPSA) is 86.3 Å². The van der Waals surface area contributed by atoms with Crippen molar-refractivity contribution in [1.82, 2.24) is 14.9 Å². The minimum absolute atomic E-state index is 0.00278. The zero-order valence-electron chi connectivity index (χ0n) is 23.5. The van der Waals surface area contributed by atoms with Gasteiger partial charge in [0.05, 0.1) is 67.1 Å². The third-order valence-corrected chi connectivity index (χ3v) is 8.02. The number of hydrogen-bond donors (Lipinski definition) is 1. The first-order valence-corrected chi connectivity index (χ1v) is 14.2. The van der Waals surface area contributed by atoms with Crippen molar-refractivity contribution in [1.29, 1.82) is 0 Å². The van der Waals surface area contributed by atoms with Gasteiger partial charge in [0.1, 0.15) is 17.5 Å². The van der Waals surface area contributed by atoms with Crippen LogP contribution in [-0.4, -0.2) is 99.6 Å². The molecule has 0 radical (unpaired) electrons. The van der Waals surface area contributed by atoms with Gasteiger partial charge in [-0.05, 0) is 19.9 Å². The first-order chi connectivity index (χ1) is 19.9. The largest absolute Gasteiger partial charge is 0.378 e. The van der Waals surface area contributed by atoms with Crippen LogP contribution < -0.4 is 20.0 Å². The van der Waals surface area contributed by atoms with Gasteiger partial charge >= 0.3 is 0 Å². The van der Waals surface area contributed by atoms with Gasteiger partial charge in [0.15, 0.2) is 5.82 Å². The average molecular weight is 568 g/mol. The highest BCUT2D eigenvalue weighted by atomic mass is 19.1. The number of nitrogens with zero attached hydrogens (tertiary/aromatic N) is 6. The van der Waals surface area contributed by atoms with E-state index in [0.29, 0.717) is 81.9 Å². The van der Waals surface area contributed by atoms with Crippen LogP contribution in [0.2, 0.25) is 0 Å². The smallest absolute Gasteiger partial charge is 0.242 e. The highest BCUT2D eigenvalue weighted by Gasteiger charge is 2.28. The second-order valence-corrected chi connectivity index (χ2v) is 10.5. The van der Waals surface area contributed by atoms with Gasteiger partial charge in [0.25, 0.3) is 0 Å². The summed E-state index contributed by atoms with van der Waals surface area (Å²) >= 11 is 0. The number of fused-ring (bicyclic) bond motifs is 1. The molecule has 0 bridgehead atoms. The first-order valence-electron chi connectivity index (χ1n) is 14.2. The number of hydrogen-bond acceptors (Lipinski definition) is 9. The van der Waals surface area contributed by atoms with Crippen LogP contribution in [0.3, 0.4) is 0 Å². The molecule has 3 aliphatic heterocycles. The fourth-order valence-electron chi connectivity index (χ4n) is 5.78. The van der Waals surface area contributed by atoms with Crippen LogP contribution in [-0.2, 0) is 14.3 Å². The SMILES string of the molecule is CCN1CCN(c2nc3cc(F)cc(F)c3c(Nc3cc(N4CCOCC4)cnc3N3CCOCC3)c2C)CC1=O. The van der Waals surface area contributed by atoms with E-state index in [1.807, 2.05) is 31.0 Å². The van der Waals surface area contributed by atoms with Gasteiger partial charge in [-0.15, -0.1) is 0 Å². The normalized spacial score (nSPS) is 18.4. The summed E-state index contributed by atoms with van der Waals surface area (Å²) in [6.07, 6.45) is 1.86. The summed E-state index contributed by atoms with van der Waals surface area (Å²) in [7, 11) is 0. The summed E-state index contributed by atoms with van der Waals surface area (Å²) in [6.45, 7) is 11.0. The number of aromatic nitrogens is 2. The fraction of sp³-hybridized carbons (Fsp3) is 0.483. The van der Waals surface area contributed by atoms with Gasteiger partial charge in [-0.2, -0.15) is 0 Å². The molecule has 0 unspecified atom stereocenters. The van der Waals surface area contributed by atoms with Gasteiger partial charge < -0.3 is 34.4 Å². The molecule has 3 fully saturated rings. The molecule has 3 aliphatic rings. The molecule has 3 saturated heterocycles. The Balaban J connectivity index is 1.47. The van der Waals surface area contributed by atoms with Gasteiger partial charge in [-0.25, -0.2) is 18.7 Å². The second kappa shape index (κ2) is 11.6. The molecule has 2 aromatic heterocycles. The van der Waals surface area contributed by atoms with E-state index in [9.17, 15) is 9.18 Å². The number of benzene rings is 1. The van der Waals surface area contributed by atoms with E-state index >= 15 is 4.39 Å². The predicted octanol–water partition coefficient (Wildman–Crippen LogP) is 3.30. The number of nitrogens with one attached hydrogen (secondary N) is 1. The zero-order valence-corrected chi connectivity index (χ0v) is 23.5. The molecule has 1 N–H and O–H groups in total. The Hall–Kier alpha value is -3.77. The van der Waals surface area contributed by atoms with E-state index < -0.39 is 11.6 Å². The Morgan fingerprint density at radius 3 is 2.29 bits per heavy atom. The number of ether oxygens (including phenoxy) is 2. The molecule has 5 heterocycles. The Bertz CT molecular complexity index is 1440. The third kappa shape index (κ3) is 5.45. The number of carbonyl (C=O) groups excluding carboxylic acids is 1. The lowest BCUT2D eigenvalue weighted by Gasteiger charge is -2.36. The number of anilines is 5. The quantitative estimate of drug-likeness (QED) is 0.482. The maximum Gasteiger partial charge on any atom is 0.242 e. The van der Waals surface area contributed by atoms with Crippen LogP contribution in [0.25, 0.3) is 10.9 Å². The standard InChI is InChI=1S/C29H35F2N7O3/c1-3-35-4-5-38(18-25(35)39)28-19(2)27(26-22(31)14-20(30)15-23(26)34-28)33-24-16-21(36-6-10-40-11-7-36)17-32-29(24)37-8-12-41-13-9-37/h14-17H,3-13,18H2,1-2H3,(H,33,34). The van der Waals surface area contributed by atoms with Crippen LogP contribution in [0, 0.1) is 18.6 Å². The minimum atomic E-state index is -0.708. The number of halogens is 2. The number of rotatable bonds is 6. The monoisotopic (exact) mass is 567 g/mol. The third-order valence-electron chi connectivity index (χ3n) is 8.02. The number of carbonyl (C=O) groups is 1. The molecule has 12 heteroatoms. The van der Waals surface area contributed by atoms with Crippen molar-refractivity contribution in [3.63, 3.8) is 0 Å². The van der Waals surface area contributed by atoms with Crippen LogP contribution in [0.4, 0.5) is 37.5 Å². The molecule has 0 spiro atoms. The molecule has 1 amide bonds. The Morgan fingerprint density at radius 1 is 0.902 bits per heavy atom. The Labute approximate surface area is 237 Å². The molecule has 10 nitrogen and oxygen atoms in total. The van der Waals surface area contributed by atoms with Gasteiger partial charge in [-0.1, -0.05) is 0 Å². The Morgan fingerprint density at radius 2 is 1.61 bits per heavy atom. The molecule has 6 rings (SSSR count). The zero-order chi connectivity index (χ0) is 28.5. The van der Waals surface area contributed by atoms with Crippen LogP contribution in [0.1, 0.15) is 12.5 Å². The van der Waals surface area contributed by atoms with Gasteiger partial charge in [0, 0.05) is 63.5 Å². The van der Waals surface area contributed by atoms with E-state index in [-0.39, 0.29) is 23.4 Å². The number of likely N-dealkylation sites (N-methyl/N-ethyl adjacent to an activating group) is 1. The predicted molar refractivity (Wildman–Crippen MR) is 154 cm³/mol. The molecule has 1 aromatic carbocycles. The van der Waals surface area contributed by atoms with Crippen molar-refractivity contribution >= 4 is 45.5 Å². The first kappa shape index (κ1) is 27.4. The van der Waals surface area contributed by atoms with Crippen LogP contribution in [0.15, 0.2) is 24.4 Å². The lowest BCUT2D eigenvalue weighted by Crippen LogP contribution is -2.50. The molecule has 3 aromatic rings. The summed E-state index contributed by atoms with van der Waals surface area (Å²) in [6, 6.07) is 4.14. The van der Waals surface area contributed by atoms with Crippen molar-refractivity contribution in [3.8, 4) is 0 Å². The van der Waals surface area contributed by atoms with E-state index in [1.165, 1.54) is 6.07 Å². The van der Waals surface area contributed by atoms with Gasteiger partial charge in [0.2, 0.25) is 5.91 Å². The van der Waals surface area contributed by atoms with Crippen LogP contribution >= 0.6 is 0 Å². The van der Waals surface area contributed by atoms with E-state index in [2.05, 4.69) is 20.1 Å². The highest BCUT2D eigenvalue weighted by Crippen LogP contribution is 2.39. The maximum absolute atomic E-state index is 15.5. The second-order valence-electron chi connectivity index (χ2n) is 10.5. The van der Waals surface area contributed by atoms with Crippen LogP contribution in [0.5, 0.6) is 0 Å². The van der Waals surface area contributed by atoms with E-state index in [1.54, 1.807) is 4.90 Å². The lowest BCUT2D eigenvalue weighted by molar-refractivity contribution is -0.130. The average Bonchev–Trinajstić information content (AvgIpc) is 2.99. The number of morpholine rings is 2. The minimum Gasteiger partial charge on any atom is -0.378 e.